The number of hydrogen-bond donors (Lipinski definition) is 1. The summed E-state index contributed by atoms with van der Waals surface area (Å²) in [5.74, 6) is 2.37. The number of rotatable bonds is 4. The highest BCUT2D eigenvalue weighted by molar-refractivity contribution is 6.32. The van der Waals surface area contributed by atoms with Crippen LogP contribution in [0.2, 0.25) is 5.02 Å². The zero-order valence-electron chi connectivity index (χ0n) is 10.2. The molecule has 5 heteroatoms. The Balaban J connectivity index is 0.00000162. The van der Waals surface area contributed by atoms with E-state index >= 15 is 0 Å². The molecule has 3 nitrogen and oxygen atoms in total. The van der Waals surface area contributed by atoms with Gasteiger partial charge >= 0.3 is 0 Å². The van der Waals surface area contributed by atoms with Gasteiger partial charge in [0.1, 0.15) is 17.3 Å². The molecule has 0 aliphatic rings. The lowest BCUT2D eigenvalue weighted by Gasteiger charge is -2.04. The van der Waals surface area contributed by atoms with Crippen LogP contribution in [-0.4, -0.2) is 14.2 Å². The van der Waals surface area contributed by atoms with Crippen molar-refractivity contribution < 1.29 is 9.15 Å². The molecule has 0 saturated heterocycles. The topological polar surface area (TPSA) is 34.4 Å². The van der Waals surface area contributed by atoms with E-state index < -0.39 is 0 Å². The first-order valence-corrected chi connectivity index (χ1v) is 5.69. The lowest BCUT2D eigenvalue weighted by atomic mass is 10.2. The minimum Gasteiger partial charge on any atom is -0.495 e. The highest BCUT2D eigenvalue weighted by Gasteiger charge is 2.07. The third kappa shape index (κ3) is 3.19. The van der Waals surface area contributed by atoms with Crippen LogP contribution in [0.25, 0.3) is 11.3 Å². The molecule has 18 heavy (non-hydrogen) atoms. The van der Waals surface area contributed by atoms with Crippen LogP contribution in [0.4, 0.5) is 0 Å². The van der Waals surface area contributed by atoms with Crippen LogP contribution in [0.3, 0.4) is 0 Å². The first-order valence-electron chi connectivity index (χ1n) is 5.32. The number of furan rings is 1. The molecule has 2 rings (SSSR count). The number of benzene rings is 1. The van der Waals surface area contributed by atoms with Crippen molar-refractivity contribution in [1.82, 2.24) is 5.32 Å². The molecule has 1 aromatic heterocycles. The molecule has 0 unspecified atom stereocenters. The van der Waals surface area contributed by atoms with E-state index in [0.29, 0.717) is 17.3 Å². The zero-order chi connectivity index (χ0) is 12.3. The van der Waals surface area contributed by atoms with Gasteiger partial charge in [-0.25, -0.2) is 0 Å². The first kappa shape index (κ1) is 14.9. The van der Waals surface area contributed by atoms with Crippen LogP contribution in [0.1, 0.15) is 5.76 Å². The molecule has 0 aliphatic heterocycles. The van der Waals surface area contributed by atoms with Gasteiger partial charge in [-0.2, -0.15) is 0 Å². The van der Waals surface area contributed by atoms with Crippen molar-refractivity contribution in [1.29, 1.82) is 0 Å². The second kappa shape index (κ2) is 6.69. The summed E-state index contributed by atoms with van der Waals surface area (Å²) < 4.78 is 10.8. The molecule has 2 aromatic rings. The SMILES string of the molecule is CNCc1ccc(-c2ccc(OC)c(Cl)c2)o1.Cl. The van der Waals surface area contributed by atoms with Crippen molar-refractivity contribution in [2.45, 2.75) is 6.54 Å². The summed E-state index contributed by atoms with van der Waals surface area (Å²) in [5, 5.41) is 3.62. The predicted molar refractivity (Wildman–Crippen MR) is 75.7 cm³/mol. The molecule has 1 aromatic carbocycles. The summed E-state index contributed by atoms with van der Waals surface area (Å²) in [5.41, 5.74) is 0.943. The van der Waals surface area contributed by atoms with Gasteiger partial charge in [0.25, 0.3) is 0 Å². The Morgan fingerprint density at radius 2 is 2.06 bits per heavy atom. The van der Waals surface area contributed by atoms with Crippen molar-refractivity contribution in [3.8, 4) is 17.1 Å². The van der Waals surface area contributed by atoms with Crippen LogP contribution in [0.15, 0.2) is 34.7 Å². The normalized spacial score (nSPS) is 9.94. The maximum atomic E-state index is 6.07. The van der Waals surface area contributed by atoms with E-state index in [2.05, 4.69) is 5.32 Å². The molecular formula is C13H15Cl2NO2. The van der Waals surface area contributed by atoms with E-state index in [1.54, 1.807) is 7.11 Å². The van der Waals surface area contributed by atoms with Crippen molar-refractivity contribution in [2.75, 3.05) is 14.2 Å². The Kier molecular flexibility index (Phi) is 5.54. The van der Waals surface area contributed by atoms with Gasteiger partial charge < -0.3 is 14.5 Å². The summed E-state index contributed by atoms with van der Waals surface area (Å²) in [6, 6.07) is 9.47. The van der Waals surface area contributed by atoms with Crippen molar-refractivity contribution >= 4 is 24.0 Å². The largest absolute Gasteiger partial charge is 0.495 e. The van der Waals surface area contributed by atoms with E-state index in [-0.39, 0.29) is 12.4 Å². The fraction of sp³-hybridized carbons (Fsp3) is 0.231. The zero-order valence-corrected chi connectivity index (χ0v) is 11.8. The molecule has 0 amide bonds. The lowest BCUT2D eigenvalue weighted by Crippen LogP contribution is -2.03. The van der Waals surface area contributed by atoms with E-state index in [1.165, 1.54) is 0 Å². The average Bonchev–Trinajstić information content (AvgIpc) is 2.78. The maximum absolute atomic E-state index is 6.07. The van der Waals surface area contributed by atoms with Gasteiger partial charge in [0.2, 0.25) is 0 Å². The van der Waals surface area contributed by atoms with Crippen LogP contribution >= 0.6 is 24.0 Å². The summed E-state index contributed by atoms with van der Waals surface area (Å²) in [4.78, 5) is 0. The van der Waals surface area contributed by atoms with Gasteiger partial charge in [0.05, 0.1) is 18.7 Å². The van der Waals surface area contributed by atoms with Crippen molar-refractivity contribution in [3.63, 3.8) is 0 Å². The third-order valence-electron chi connectivity index (χ3n) is 2.45. The Morgan fingerprint density at radius 3 is 2.67 bits per heavy atom. The van der Waals surface area contributed by atoms with Crippen LogP contribution in [0.5, 0.6) is 5.75 Å². The fourth-order valence-electron chi connectivity index (χ4n) is 1.62. The van der Waals surface area contributed by atoms with Gasteiger partial charge in [-0.1, -0.05) is 11.6 Å². The molecule has 1 heterocycles. The Hall–Kier alpha value is -1.16. The first-order chi connectivity index (χ1) is 8.24. The van der Waals surface area contributed by atoms with Crippen molar-refractivity contribution in [3.05, 3.63) is 41.1 Å². The van der Waals surface area contributed by atoms with Gasteiger partial charge in [0.15, 0.2) is 0 Å². The molecule has 0 aliphatic carbocycles. The summed E-state index contributed by atoms with van der Waals surface area (Å²) in [6.07, 6.45) is 0. The minimum atomic E-state index is 0. The number of hydrogen-bond acceptors (Lipinski definition) is 3. The van der Waals surface area contributed by atoms with Crippen LogP contribution in [0, 0.1) is 0 Å². The highest BCUT2D eigenvalue weighted by Crippen LogP contribution is 2.30. The molecule has 0 fully saturated rings. The molecule has 98 valence electrons. The molecular weight excluding hydrogens is 273 g/mol. The fourth-order valence-corrected chi connectivity index (χ4v) is 1.88. The monoisotopic (exact) mass is 287 g/mol. The molecule has 0 radical (unpaired) electrons. The third-order valence-corrected chi connectivity index (χ3v) is 2.74. The van der Waals surface area contributed by atoms with Gasteiger partial charge in [-0.3, -0.25) is 0 Å². The van der Waals surface area contributed by atoms with E-state index in [4.69, 9.17) is 20.8 Å². The molecule has 0 spiro atoms. The second-order valence-electron chi connectivity index (χ2n) is 3.65. The van der Waals surface area contributed by atoms with Gasteiger partial charge in [-0.05, 0) is 37.4 Å². The Labute approximate surface area is 117 Å². The van der Waals surface area contributed by atoms with Crippen molar-refractivity contribution in [2.24, 2.45) is 0 Å². The van der Waals surface area contributed by atoms with Gasteiger partial charge in [0, 0.05) is 5.56 Å². The summed E-state index contributed by atoms with van der Waals surface area (Å²) in [7, 11) is 3.48. The molecule has 0 atom stereocenters. The summed E-state index contributed by atoms with van der Waals surface area (Å²) in [6.45, 7) is 0.712. The average molecular weight is 288 g/mol. The second-order valence-corrected chi connectivity index (χ2v) is 4.05. The molecule has 1 N–H and O–H groups in total. The van der Waals surface area contributed by atoms with E-state index in [9.17, 15) is 0 Å². The predicted octanol–water partition coefficient (Wildman–Crippen LogP) is 3.75. The van der Waals surface area contributed by atoms with E-state index in [1.807, 2.05) is 37.4 Å². The van der Waals surface area contributed by atoms with Crippen LogP contribution < -0.4 is 10.1 Å². The highest BCUT2D eigenvalue weighted by atomic mass is 35.5. The minimum absolute atomic E-state index is 0. The number of nitrogens with one attached hydrogen (secondary N) is 1. The quantitative estimate of drug-likeness (QED) is 0.930. The van der Waals surface area contributed by atoms with Crippen LogP contribution in [-0.2, 0) is 6.54 Å². The number of methoxy groups -OCH3 is 1. The van der Waals surface area contributed by atoms with Gasteiger partial charge in [-0.15, -0.1) is 12.4 Å². The molecule has 0 bridgehead atoms. The lowest BCUT2D eigenvalue weighted by molar-refractivity contribution is 0.415. The Morgan fingerprint density at radius 1 is 1.28 bits per heavy atom. The van der Waals surface area contributed by atoms with E-state index in [0.717, 1.165) is 17.1 Å². The maximum Gasteiger partial charge on any atom is 0.137 e. The standard InChI is InChI=1S/C13H14ClNO2.ClH/c1-15-8-10-4-6-12(17-10)9-3-5-13(16-2)11(14)7-9;/h3-7,15H,8H2,1-2H3;1H. The summed E-state index contributed by atoms with van der Waals surface area (Å²) >= 11 is 6.07. The number of halogens is 2. The smallest absolute Gasteiger partial charge is 0.137 e. The Bertz CT molecular complexity index is 511. The number of ether oxygens (including phenoxy) is 1. The molecule has 0 saturated carbocycles.